The summed E-state index contributed by atoms with van der Waals surface area (Å²) in [5.41, 5.74) is -0.363. The van der Waals surface area contributed by atoms with Gasteiger partial charge in [0.25, 0.3) is 5.91 Å². The van der Waals surface area contributed by atoms with Crippen molar-refractivity contribution < 1.29 is 26.4 Å². The van der Waals surface area contributed by atoms with E-state index in [1.165, 1.54) is 12.1 Å². The summed E-state index contributed by atoms with van der Waals surface area (Å²) in [6.07, 6.45) is -4.26. The number of halogens is 3. The lowest BCUT2D eigenvalue weighted by molar-refractivity contribution is -0.140. The zero-order valence-corrected chi connectivity index (χ0v) is 12.0. The van der Waals surface area contributed by atoms with E-state index in [0.717, 1.165) is 12.1 Å². The zero-order chi connectivity index (χ0) is 16.3. The second kappa shape index (κ2) is 6.44. The van der Waals surface area contributed by atoms with Crippen LogP contribution in [-0.4, -0.2) is 38.5 Å². The first kappa shape index (κ1) is 17.4. The standard InChI is InChI=1S/C12H15F3N2O3S/c1-2-7-17(8-12(13,14)15)11(18)9-5-3-4-6-10(9)21(16,19)20/h3-6H,2,7-8H2,1H3,(H2,16,19,20). The van der Waals surface area contributed by atoms with E-state index >= 15 is 0 Å². The molecule has 0 saturated carbocycles. The van der Waals surface area contributed by atoms with Crippen LogP contribution in [0.1, 0.15) is 23.7 Å². The van der Waals surface area contributed by atoms with Gasteiger partial charge in [0.2, 0.25) is 10.0 Å². The molecule has 0 aromatic heterocycles. The summed E-state index contributed by atoms with van der Waals surface area (Å²) in [5, 5.41) is 4.98. The summed E-state index contributed by atoms with van der Waals surface area (Å²) in [5.74, 6) is -1.01. The van der Waals surface area contributed by atoms with Crippen LogP contribution >= 0.6 is 0 Å². The highest BCUT2D eigenvalue weighted by molar-refractivity contribution is 7.89. The SMILES string of the molecule is CCCN(CC(F)(F)F)C(=O)c1ccccc1S(N)(=O)=O. The van der Waals surface area contributed by atoms with Crippen LogP contribution in [0.2, 0.25) is 0 Å². The van der Waals surface area contributed by atoms with Crippen LogP contribution in [0.4, 0.5) is 13.2 Å². The minimum atomic E-state index is -4.57. The maximum atomic E-state index is 12.5. The molecule has 1 rings (SSSR count). The van der Waals surface area contributed by atoms with E-state index in [-0.39, 0.29) is 12.1 Å². The molecule has 0 radical (unpaired) electrons. The monoisotopic (exact) mass is 324 g/mol. The third-order valence-electron chi connectivity index (χ3n) is 2.57. The number of hydrogen-bond donors (Lipinski definition) is 1. The van der Waals surface area contributed by atoms with Gasteiger partial charge < -0.3 is 4.90 Å². The topological polar surface area (TPSA) is 80.5 Å². The first-order chi connectivity index (χ1) is 9.56. The van der Waals surface area contributed by atoms with Gasteiger partial charge in [0.1, 0.15) is 6.54 Å². The van der Waals surface area contributed by atoms with E-state index in [1.54, 1.807) is 6.92 Å². The van der Waals surface area contributed by atoms with E-state index in [9.17, 15) is 26.4 Å². The molecule has 21 heavy (non-hydrogen) atoms. The van der Waals surface area contributed by atoms with Gasteiger partial charge >= 0.3 is 6.18 Å². The van der Waals surface area contributed by atoms with Crippen LogP contribution in [0.25, 0.3) is 0 Å². The molecule has 0 heterocycles. The molecule has 0 saturated heterocycles. The van der Waals surface area contributed by atoms with Crippen molar-refractivity contribution in [2.45, 2.75) is 24.4 Å². The average Bonchev–Trinajstić information content (AvgIpc) is 2.35. The molecular weight excluding hydrogens is 309 g/mol. The van der Waals surface area contributed by atoms with Crippen molar-refractivity contribution in [3.05, 3.63) is 29.8 Å². The number of carbonyl (C=O) groups excluding carboxylic acids is 1. The Balaban J connectivity index is 3.22. The van der Waals surface area contributed by atoms with Crippen molar-refractivity contribution in [1.29, 1.82) is 0 Å². The second-order valence-electron chi connectivity index (χ2n) is 4.38. The summed E-state index contributed by atoms with van der Waals surface area (Å²) in [4.78, 5) is 12.3. The van der Waals surface area contributed by atoms with Crippen LogP contribution in [0.15, 0.2) is 29.2 Å². The highest BCUT2D eigenvalue weighted by Gasteiger charge is 2.34. The maximum Gasteiger partial charge on any atom is 0.406 e. The summed E-state index contributed by atoms with van der Waals surface area (Å²) in [6.45, 7) is 0.0259. The molecule has 0 atom stereocenters. The van der Waals surface area contributed by atoms with Gasteiger partial charge in [-0.25, -0.2) is 13.6 Å². The molecule has 0 aliphatic heterocycles. The molecular formula is C12H15F3N2O3S. The first-order valence-electron chi connectivity index (χ1n) is 6.04. The molecule has 5 nitrogen and oxygen atoms in total. The number of nitrogens with two attached hydrogens (primary N) is 1. The lowest BCUT2D eigenvalue weighted by atomic mass is 10.2. The van der Waals surface area contributed by atoms with E-state index < -0.39 is 33.5 Å². The molecule has 1 aromatic carbocycles. The third kappa shape index (κ3) is 5.01. The van der Waals surface area contributed by atoms with Gasteiger partial charge in [-0.15, -0.1) is 0 Å². The molecule has 0 bridgehead atoms. The number of nitrogens with zero attached hydrogens (tertiary/aromatic N) is 1. The van der Waals surface area contributed by atoms with Gasteiger partial charge in [-0.2, -0.15) is 13.2 Å². The number of alkyl halides is 3. The minimum Gasteiger partial charge on any atom is -0.330 e. The molecule has 1 amide bonds. The lowest BCUT2D eigenvalue weighted by Crippen LogP contribution is -2.40. The van der Waals surface area contributed by atoms with Crippen molar-refractivity contribution in [2.75, 3.05) is 13.1 Å². The highest BCUT2D eigenvalue weighted by Crippen LogP contribution is 2.21. The Bertz CT molecular complexity index is 614. The van der Waals surface area contributed by atoms with Gasteiger partial charge in [0.05, 0.1) is 10.5 Å². The molecule has 0 unspecified atom stereocenters. The predicted molar refractivity (Wildman–Crippen MR) is 70.1 cm³/mol. The number of rotatable bonds is 5. The molecule has 118 valence electrons. The number of benzene rings is 1. The molecule has 0 aliphatic rings. The summed E-state index contributed by atoms with van der Waals surface area (Å²) < 4.78 is 60.3. The molecule has 0 fully saturated rings. The Labute approximate surface area is 120 Å². The Morgan fingerprint density at radius 2 is 1.86 bits per heavy atom. The molecule has 0 spiro atoms. The van der Waals surface area contributed by atoms with Crippen LogP contribution in [0, 0.1) is 0 Å². The largest absolute Gasteiger partial charge is 0.406 e. The Kier molecular flexibility index (Phi) is 5.35. The van der Waals surface area contributed by atoms with Gasteiger partial charge in [0.15, 0.2) is 0 Å². The zero-order valence-electron chi connectivity index (χ0n) is 11.2. The Hall–Kier alpha value is -1.61. The van der Waals surface area contributed by atoms with E-state index in [2.05, 4.69) is 0 Å². The minimum absolute atomic E-state index is 0.142. The smallest absolute Gasteiger partial charge is 0.330 e. The summed E-state index contributed by atoms with van der Waals surface area (Å²) in [7, 11) is -4.20. The number of carbonyl (C=O) groups is 1. The predicted octanol–water partition coefficient (Wildman–Crippen LogP) is 1.75. The quantitative estimate of drug-likeness (QED) is 0.896. The number of primary sulfonamides is 1. The second-order valence-corrected chi connectivity index (χ2v) is 5.91. The van der Waals surface area contributed by atoms with E-state index in [0.29, 0.717) is 11.3 Å². The first-order valence-corrected chi connectivity index (χ1v) is 7.58. The van der Waals surface area contributed by atoms with Gasteiger partial charge in [0, 0.05) is 6.54 Å². The number of hydrogen-bond acceptors (Lipinski definition) is 3. The fraction of sp³-hybridized carbons (Fsp3) is 0.417. The van der Waals surface area contributed by atoms with Crippen molar-refractivity contribution in [1.82, 2.24) is 4.90 Å². The summed E-state index contributed by atoms with van der Waals surface area (Å²) >= 11 is 0. The van der Waals surface area contributed by atoms with Crippen molar-refractivity contribution in [3.8, 4) is 0 Å². The Morgan fingerprint density at radius 1 is 1.29 bits per heavy atom. The van der Waals surface area contributed by atoms with Crippen LogP contribution < -0.4 is 5.14 Å². The van der Waals surface area contributed by atoms with Gasteiger partial charge in [-0.1, -0.05) is 19.1 Å². The number of amides is 1. The van der Waals surface area contributed by atoms with Crippen molar-refractivity contribution in [3.63, 3.8) is 0 Å². The normalized spacial score (nSPS) is 12.2. The van der Waals surface area contributed by atoms with Crippen molar-refractivity contribution in [2.24, 2.45) is 5.14 Å². The number of sulfonamides is 1. The van der Waals surface area contributed by atoms with Gasteiger partial charge in [-0.3, -0.25) is 4.79 Å². The maximum absolute atomic E-state index is 12.5. The van der Waals surface area contributed by atoms with Gasteiger partial charge in [-0.05, 0) is 18.6 Å². The average molecular weight is 324 g/mol. The fourth-order valence-electron chi connectivity index (χ4n) is 1.80. The van der Waals surface area contributed by atoms with Crippen LogP contribution in [-0.2, 0) is 10.0 Å². The van der Waals surface area contributed by atoms with E-state index in [1.807, 2.05) is 0 Å². The van der Waals surface area contributed by atoms with Crippen molar-refractivity contribution >= 4 is 15.9 Å². The molecule has 0 aliphatic carbocycles. The van der Waals surface area contributed by atoms with Crippen LogP contribution in [0.5, 0.6) is 0 Å². The highest BCUT2D eigenvalue weighted by atomic mass is 32.2. The third-order valence-corrected chi connectivity index (χ3v) is 3.54. The molecule has 2 N–H and O–H groups in total. The molecule has 1 aromatic rings. The lowest BCUT2D eigenvalue weighted by Gasteiger charge is -2.24. The summed E-state index contributed by atoms with van der Waals surface area (Å²) in [6, 6.07) is 4.92. The van der Waals surface area contributed by atoms with Crippen LogP contribution in [0.3, 0.4) is 0 Å². The van der Waals surface area contributed by atoms with E-state index in [4.69, 9.17) is 5.14 Å². The molecule has 9 heteroatoms. The fourth-order valence-corrected chi connectivity index (χ4v) is 2.53. The Morgan fingerprint density at radius 3 is 2.33 bits per heavy atom.